The molecule has 0 amide bonds. The van der Waals surface area contributed by atoms with Crippen LogP contribution in [0.4, 0.5) is 0 Å². The molecular weight excluding hydrogens is 260 g/mol. The number of carboxylic acid groups (broad SMARTS) is 1. The fraction of sp³-hybridized carbons (Fsp3) is 0.286. The first kappa shape index (κ1) is 12.5. The quantitative estimate of drug-likeness (QED) is 0.920. The average molecular weight is 274 g/mol. The van der Waals surface area contributed by atoms with Crippen molar-refractivity contribution in [3.05, 3.63) is 30.7 Å². The molecule has 0 saturated heterocycles. The van der Waals surface area contributed by atoms with Gasteiger partial charge in [0, 0.05) is 18.3 Å². The summed E-state index contributed by atoms with van der Waals surface area (Å²) in [6, 6.07) is 5.66. The zero-order chi connectivity index (χ0) is 13.9. The highest BCUT2D eigenvalue weighted by Gasteiger charge is 2.13. The van der Waals surface area contributed by atoms with Crippen molar-refractivity contribution in [1.29, 1.82) is 0 Å². The molecule has 20 heavy (non-hydrogen) atoms. The molecule has 6 nitrogen and oxygen atoms in total. The second-order valence-corrected chi connectivity index (χ2v) is 4.50. The number of aromatic nitrogens is 2. The van der Waals surface area contributed by atoms with Gasteiger partial charge in [0.25, 0.3) is 0 Å². The number of rotatable bonds is 4. The minimum Gasteiger partial charge on any atom is -0.486 e. The fourth-order valence-electron chi connectivity index (χ4n) is 2.06. The Bertz CT molecular complexity index is 636. The van der Waals surface area contributed by atoms with Gasteiger partial charge in [-0.05, 0) is 18.2 Å². The Balaban J connectivity index is 1.80. The maximum Gasteiger partial charge on any atom is 0.305 e. The first-order valence-electron chi connectivity index (χ1n) is 6.36. The normalized spacial score (nSPS) is 13.2. The molecule has 0 spiro atoms. The highest BCUT2D eigenvalue weighted by atomic mass is 16.6. The van der Waals surface area contributed by atoms with E-state index in [4.69, 9.17) is 14.6 Å². The molecule has 1 aliphatic rings. The SMILES string of the molecule is O=C(O)CCn1cnc(-c2ccc3c(c2)OCCO3)c1. The second kappa shape index (κ2) is 5.24. The van der Waals surface area contributed by atoms with E-state index in [0.29, 0.717) is 25.5 Å². The third kappa shape index (κ3) is 2.59. The lowest BCUT2D eigenvalue weighted by Crippen LogP contribution is -2.15. The van der Waals surface area contributed by atoms with Crippen molar-refractivity contribution in [2.75, 3.05) is 13.2 Å². The van der Waals surface area contributed by atoms with Gasteiger partial charge < -0.3 is 19.1 Å². The Kier molecular flexibility index (Phi) is 3.28. The van der Waals surface area contributed by atoms with Gasteiger partial charge in [-0.1, -0.05) is 0 Å². The van der Waals surface area contributed by atoms with Gasteiger partial charge >= 0.3 is 5.97 Å². The lowest BCUT2D eigenvalue weighted by Gasteiger charge is -2.18. The Morgan fingerprint density at radius 3 is 2.90 bits per heavy atom. The number of imidazole rings is 1. The predicted octanol–water partition coefficient (Wildman–Crippen LogP) is 1.80. The molecule has 2 heterocycles. The molecule has 0 unspecified atom stereocenters. The molecule has 1 aromatic heterocycles. The third-order valence-corrected chi connectivity index (χ3v) is 3.06. The van der Waals surface area contributed by atoms with Crippen molar-refractivity contribution in [3.8, 4) is 22.8 Å². The molecule has 1 aliphatic heterocycles. The van der Waals surface area contributed by atoms with E-state index in [0.717, 1.165) is 17.0 Å². The van der Waals surface area contributed by atoms with E-state index in [9.17, 15) is 4.79 Å². The number of nitrogens with zero attached hydrogens (tertiary/aromatic N) is 2. The molecule has 2 aromatic rings. The van der Waals surface area contributed by atoms with Gasteiger partial charge in [0.2, 0.25) is 0 Å². The Labute approximate surface area is 115 Å². The van der Waals surface area contributed by atoms with Crippen molar-refractivity contribution < 1.29 is 19.4 Å². The van der Waals surface area contributed by atoms with E-state index >= 15 is 0 Å². The molecule has 1 aromatic carbocycles. The fourth-order valence-corrected chi connectivity index (χ4v) is 2.06. The molecule has 0 bridgehead atoms. The molecule has 0 fully saturated rings. The van der Waals surface area contributed by atoms with E-state index in [1.807, 2.05) is 24.4 Å². The van der Waals surface area contributed by atoms with Crippen molar-refractivity contribution in [2.45, 2.75) is 13.0 Å². The predicted molar refractivity (Wildman–Crippen MR) is 70.9 cm³/mol. The lowest BCUT2D eigenvalue weighted by atomic mass is 10.1. The van der Waals surface area contributed by atoms with Crippen LogP contribution in [0.3, 0.4) is 0 Å². The minimum atomic E-state index is -0.820. The van der Waals surface area contributed by atoms with Crippen LogP contribution in [-0.2, 0) is 11.3 Å². The van der Waals surface area contributed by atoms with Crippen LogP contribution in [0.15, 0.2) is 30.7 Å². The molecule has 0 radical (unpaired) electrons. The van der Waals surface area contributed by atoms with Crippen LogP contribution in [0.25, 0.3) is 11.3 Å². The standard InChI is InChI=1S/C14H14N2O4/c17-14(18)3-4-16-8-11(15-9-16)10-1-2-12-13(7-10)20-6-5-19-12/h1-2,7-9H,3-6H2,(H,17,18). The highest BCUT2D eigenvalue weighted by molar-refractivity contribution is 5.66. The van der Waals surface area contributed by atoms with Gasteiger partial charge in [0.1, 0.15) is 13.2 Å². The minimum absolute atomic E-state index is 0.0803. The summed E-state index contributed by atoms with van der Waals surface area (Å²) in [5.74, 6) is 0.638. The van der Waals surface area contributed by atoms with Crippen LogP contribution in [0.1, 0.15) is 6.42 Å². The van der Waals surface area contributed by atoms with Crippen LogP contribution in [0.5, 0.6) is 11.5 Å². The van der Waals surface area contributed by atoms with Crippen molar-refractivity contribution in [1.82, 2.24) is 9.55 Å². The van der Waals surface area contributed by atoms with E-state index in [2.05, 4.69) is 4.98 Å². The average Bonchev–Trinajstić information content (AvgIpc) is 2.93. The number of carbonyl (C=O) groups is 1. The topological polar surface area (TPSA) is 73.6 Å². The smallest absolute Gasteiger partial charge is 0.305 e. The van der Waals surface area contributed by atoms with Gasteiger partial charge in [0.05, 0.1) is 18.4 Å². The molecule has 0 atom stereocenters. The number of ether oxygens (including phenoxy) is 2. The van der Waals surface area contributed by atoms with E-state index in [1.54, 1.807) is 10.9 Å². The molecule has 1 N–H and O–H groups in total. The number of carboxylic acids is 1. The summed E-state index contributed by atoms with van der Waals surface area (Å²) in [6.07, 6.45) is 3.54. The lowest BCUT2D eigenvalue weighted by molar-refractivity contribution is -0.137. The van der Waals surface area contributed by atoms with E-state index in [1.165, 1.54) is 0 Å². The molecule has 0 saturated carbocycles. The van der Waals surface area contributed by atoms with Crippen LogP contribution in [-0.4, -0.2) is 33.8 Å². The number of benzene rings is 1. The van der Waals surface area contributed by atoms with Gasteiger partial charge in [0.15, 0.2) is 11.5 Å². The summed E-state index contributed by atoms with van der Waals surface area (Å²) in [7, 11) is 0. The number of aliphatic carboxylic acids is 1. The molecule has 104 valence electrons. The zero-order valence-corrected chi connectivity index (χ0v) is 10.8. The number of fused-ring (bicyclic) bond motifs is 1. The van der Waals surface area contributed by atoms with Crippen LogP contribution >= 0.6 is 0 Å². The highest BCUT2D eigenvalue weighted by Crippen LogP contribution is 2.33. The van der Waals surface area contributed by atoms with Gasteiger partial charge in [-0.25, -0.2) is 4.98 Å². The van der Waals surface area contributed by atoms with Crippen molar-refractivity contribution in [2.24, 2.45) is 0 Å². The van der Waals surface area contributed by atoms with Gasteiger partial charge in [-0.2, -0.15) is 0 Å². The molecular formula is C14H14N2O4. The summed E-state index contributed by atoms with van der Waals surface area (Å²) in [6.45, 7) is 1.52. The Hall–Kier alpha value is -2.50. The molecule has 0 aliphatic carbocycles. The van der Waals surface area contributed by atoms with Crippen molar-refractivity contribution in [3.63, 3.8) is 0 Å². The second-order valence-electron chi connectivity index (χ2n) is 4.50. The number of hydrogen-bond acceptors (Lipinski definition) is 4. The summed E-state index contributed by atoms with van der Waals surface area (Å²) < 4.78 is 12.8. The maximum absolute atomic E-state index is 10.5. The van der Waals surface area contributed by atoms with Crippen LogP contribution in [0, 0.1) is 0 Å². The molecule has 3 rings (SSSR count). The Morgan fingerprint density at radius 2 is 2.10 bits per heavy atom. The summed E-state index contributed by atoms with van der Waals surface area (Å²) >= 11 is 0. The zero-order valence-electron chi connectivity index (χ0n) is 10.8. The summed E-state index contributed by atoms with van der Waals surface area (Å²) in [5, 5.41) is 8.67. The monoisotopic (exact) mass is 274 g/mol. The summed E-state index contributed by atoms with van der Waals surface area (Å²) in [4.78, 5) is 14.8. The molecule has 6 heteroatoms. The number of hydrogen-bond donors (Lipinski definition) is 1. The van der Waals surface area contributed by atoms with Crippen LogP contribution in [0.2, 0.25) is 0 Å². The van der Waals surface area contributed by atoms with Crippen molar-refractivity contribution >= 4 is 5.97 Å². The maximum atomic E-state index is 10.5. The number of aryl methyl sites for hydroxylation is 1. The van der Waals surface area contributed by atoms with Gasteiger partial charge in [-0.3, -0.25) is 4.79 Å². The largest absolute Gasteiger partial charge is 0.486 e. The first-order chi connectivity index (χ1) is 9.72. The van der Waals surface area contributed by atoms with E-state index in [-0.39, 0.29) is 6.42 Å². The van der Waals surface area contributed by atoms with Gasteiger partial charge in [-0.15, -0.1) is 0 Å². The van der Waals surface area contributed by atoms with E-state index < -0.39 is 5.97 Å². The summed E-state index contributed by atoms with van der Waals surface area (Å²) in [5.41, 5.74) is 1.70. The first-order valence-corrected chi connectivity index (χ1v) is 6.36. The van der Waals surface area contributed by atoms with Crippen LogP contribution < -0.4 is 9.47 Å². The third-order valence-electron chi connectivity index (χ3n) is 3.06. The Morgan fingerprint density at radius 1 is 1.30 bits per heavy atom.